The molecule has 1 aromatic carbocycles. The van der Waals surface area contributed by atoms with Crippen LogP contribution in [0.1, 0.15) is 23.2 Å². The largest absolute Gasteiger partial charge is 0.465 e. The molecule has 16 heavy (non-hydrogen) atoms. The third-order valence-electron chi connectivity index (χ3n) is 2.81. The monoisotopic (exact) mass is 223 g/mol. The van der Waals surface area contributed by atoms with Crippen LogP contribution in [0.4, 0.5) is 10.1 Å². The number of rotatable bonds is 2. The molecule has 0 atom stereocenters. The Bertz CT molecular complexity index is 400. The summed E-state index contributed by atoms with van der Waals surface area (Å²) in [5.41, 5.74) is 1.08. The van der Waals surface area contributed by atoms with Gasteiger partial charge in [0.2, 0.25) is 0 Å². The van der Waals surface area contributed by atoms with E-state index in [1.54, 1.807) is 6.07 Å². The lowest BCUT2D eigenvalue weighted by Crippen LogP contribution is -2.21. The normalized spacial score (nSPS) is 15.2. The van der Waals surface area contributed by atoms with Crippen LogP contribution in [0.2, 0.25) is 0 Å². The maximum atomic E-state index is 13.1. The van der Waals surface area contributed by atoms with Crippen LogP contribution in [-0.4, -0.2) is 26.2 Å². The van der Waals surface area contributed by atoms with Gasteiger partial charge in [-0.3, -0.25) is 0 Å². The number of ether oxygens (including phenoxy) is 1. The van der Waals surface area contributed by atoms with Gasteiger partial charge in [0.25, 0.3) is 0 Å². The van der Waals surface area contributed by atoms with E-state index in [2.05, 4.69) is 9.64 Å². The number of esters is 1. The molecule has 1 saturated heterocycles. The van der Waals surface area contributed by atoms with Gasteiger partial charge in [0, 0.05) is 13.1 Å². The van der Waals surface area contributed by atoms with E-state index in [0.29, 0.717) is 5.56 Å². The standard InChI is InChI=1S/C12H14FNO2/c1-16-12(15)10-8-9(13)4-5-11(10)14-6-2-3-7-14/h4-5,8H,2-3,6-7H2,1H3. The van der Waals surface area contributed by atoms with Crippen LogP contribution < -0.4 is 4.90 Å². The van der Waals surface area contributed by atoms with Gasteiger partial charge in [0.05, 0.1) is 18.4 Å². The maximum Gasteiger partial charge on any atom is 0.340 e. The Labute approximate surface area is 93.8 Å². The number of methoxy groups -OCH3 is 1. The first-order valence-corrected chi connectivity index (χ1v) is 5.35. The third-order valence-corrected chi connectivity index (χ3v) is 2.81. The van der Waals surface area contributed by atoms with Crippen molar-refractivity contribution in [2.45, 2.75) is 12.8 Å². The molecule has 4 heteroatoms. The summed E-state index contributed by atoms with van der Waals surface area (Å²) in [6.45, 7) is 1.82. The summed E-state index contributed by atoms with van der Waals surface area (Å²) in [5.74, 6) is -0.898. The van der Waals surface area contributed by atoms with Crippen molar-refractivity contribution in [2.24, 2.45) is 0 Å². The van der Waals surface area contributed by atoms with Crippen molar-refractivity contribution in [3.63, 3.8) is 0 Å². The lowest BCUT2D eigenvalue weighted by Gasteiger charge is -2.20. The molecule has 0 aliphatic carbocycles. The highest BCUT2D eigenvalue weighted by Crippen LogP contribution is 2.25. The second-order valence-corrected chi connectivity index (χ2v) is 3.85. The predicted molar refractivity (Wildman–Crippen MR) is 59.2 cm³/mol. The lowest BCUT2D eigenvalue weighted by atomic mass is 10.1. The molecule has 0 unspecified atom stereocenters. The van der Waals surface area contributed by atoms with E-state index in [4.69, 9.17) is 0 Å². The second kappa shape index (κ2) is 4.51. The fourth-order valence-electron chi connectivity index (χ4n) is 2.02. The molecule has 86 valence electrons. The zero-order chi connectivity index (χ0) is 11.5. The molecule has 0 bridgehead atoms. The van der Waals surface area contributed by atoms with Crippen LogP contribution in [0.5, 0.6) is 0 Å². The smallest absolute Gasteiger partial charge is 0.340 e. The highest BCUT2D eigenvalue weighted by molar-refractivity contribution is 5.95. The summed E-state index contributed by atoms with van der Waals surface area (Å²) in [4.78, 5) is 13.6. The van der Waals surface area contributed by atoms with E-state index >= 15 is 0 Å². The Morgan fingerprint density at radius 2 is 2.06 bits per heavy atom. The summed E-state index contributed by atoms with van der Waals surface area (Å²) in [6.07, 6.45) is 2.22. The van der Waals surface area contributed by atoms with Gasteiger partial charge in [0.1, 0.15) is 5.82 Å². The molecule has 1 fully saturated rings. The number of halogens is 1. The SMILES string of the molecule is COC(=O)c1cc(F)ccc1N1CCCC1. The van der Waals surface area contributed by atoms with Crippen LogP contribution in [0.15, 0.2) is 18.2 Å². The number of carbonyl (C=O) groups is 1. The first-order valence-electron chi connectivity index (χ1n) is 5.35. The summed E-state index contributed by atoms with van der Waals surface area (Å²) in [7, 11) is 1.31. The van der Waals surface area contributed by atoms with Crippen molar-refractivity contribution in [3.05, 3.63) is 29.6 Å². The van der Waals surface area contributed by atoms with Crippen molar-refractivity contribution in [3.8, 4) is 0 Å². The van der Waals surface area contributed by atoms with Gasteiger partial charge in [-0.05, 0) is 31.0 Å². The molecule has 0 spiro atoms. The minimum atomic E-state index is -0.485. The van der Waals surface area contributed by atoms with Crippen molar-refractivity contribution >= 4 is 11.7 Å². The molecule has 0 saturated carbocycles. The first kappa shape index (κ1) is 10.9. The van der Waals surface area contributed by atoms with E-state index in [1.807, 2.05) is 0 Å². The van der Waals surface area contributed by atoms with Crippen LogP contribution in [-0.2, 0) is 4.74 Å². The Balaban J connectivity index is 2.38. The van der Waals surface area contributed by atoms with Gasteiger partial charge in [-0.1, -0.05) is 0 Å². The van der Waals surface area contributed by atoms with E-state index < -0.39 is 11.8 Å². The average molecular weight is 223 g/mol. The molecule has 1 aromatic rings. The highest BCUT2D eigenvalue weighted by Gasteiger charge is 2.20. The van der Waals surface area contributed by atoms with Crippen molar-refractivity contribution in [1.82, 2.24) is 0 Å². The average Bonchev–Trinajstić information content (AvgIpc) is 2.81. The van der Waals surface area contributed by atoms with Crippen molar-refractivity contribution in [1.29, 1.82) is 0 Å². The molecule has 0 amide bonds. The van der Waals surface area contributed by atoms with Gasteiger partial charge in [-0.25, -0.2) is 9.18 Å². The number of carbonyl (C=O) groups excluding carboxylic acids is 1. The number of hydrogen-bond donors (Lipinski definition) is 0. The van der Waals surface area contributed by atoms with E-state index in [0.717, 1.165) is 31.6 Å². The third kappa shape index (κ3) is 2.01. The van der Waals surface area contributed by atoms with Gasteiger partial charge < -0.3 is 9.64 Å². The molecular weight excluding hydrogens is 209 g/mol. The Morgan fingerprint density at radius 3 is 2.69 bits per heavy atom. The Morgan fingerprint density at radius 1 is 1.38 bits per heavy atom. The van der Waals surface area contributed by atoms with Crippen molar-refractivity contribution < 1.29 is 13.9 Å². The van der Waals surface area contributed by atoms with E-state index in [9.17, 15) is 9.18 Å². The lowest BCUT2D eigenvalue weighted by molar-refractivity contribution is 0.0601. The molecule has 0 N–H and O–H groups in total. The van der Waals surface area contributed by atoms with Gasteiger partial charge >= 0.3 is 5.97 Å². The fraction of sp³-hybridized carbons (Fsp3) is 0.417. The number of anilines is 1. The molecule has 2 rings (SSSR count). The Kier molecular flexibility index (Phi) is 3.08. The predicted octanol–water partition coefficient (Wildman–Crippen LogP) is 2.21. The highest BCUT2D eigenvalue weighted by atomic mass is 19.1. The van der Waals surface area contributed by atoms with Crippen LogP contribution in [0.3, 0.4) is 0 Å². The molecule has 0 radical (unpaired) electrons. The number of hydrogen-bond acceptors (Lipinski definition) is 3. The summed E-state index contributed by atoms with van der Waals surface area (Å²) in [5, 5.41) is 0. The molecule has 1 heterocycles. The Hall–Kier alpha value is -1.58. The van der Waals surface area contributed by atoms with Gasteiger partial charge in [-0.2, -0.15) is 0 Å². The van der Waals surface area contributed by atoms with Crippen LogP contribution in [0, 0.1) is 5.82 Å². The number of nitrogens with zero attached hydrogens (tertiary/aromatic N) is 1. The zero-order valence-corrected chi connectivity index (χ0v) is 9.20. The fourth-order valence-corrected chi connectivity index (χ4v) is 2.02. The van der Waals surface area contributed by atoms with Crippen LogP contribution >= 0.6 is 0 Å². The molecule has 0 aromatic heterocycles. The zero-order valence-electron chi connectivity index (χ0n) is 9.20. The van der Waals surface area contributed by atoms with Crippen molar-refractivity contribution in [2.75, 3.05) is 25.1 Å². The first-order chi connectivity index (χ1) is 7.72. The second-order valence-electron chi connectivity index (χ2n) is 3.85. The molecular formula is C12H14FNO2. The van der Waals surface area contributed by atoms with Gasteiger partial charge in [0.15, 0.2) is 0 Å². The minimum absolute atomic E-state index is 0.310. The molecule has 1 aliphatic heterocycles. The van der Waals surface area contributed by atoms with E-state index in [-0.39, 0.29) is 0 Å². The van der Waals surface area contributed by atoms with Gasteiger partial charge in [-0.15, -0.1) is 0 Å². The minimum Gasteiger partial charge on any atom is -0.465 e. The molecule has 1 aliphatic rings. The maximum absolute atomic E-state index is 13.1. The quantitative estimate of drug-likeness (QED) is 0.720. The van der Waals surface area contributed by atoms with E-state index in [1.165, 1.54) is 19.2 Å². The summed E-state index contributed by atoms with van der Waals surface area (Å²) < 4.78 is 17.8. The summed E-state index contributed by atoms with van der Waals surface area (Å²) in [6, 6.07) is 4.26. The number of benzene rings is 1. The topological polar surface area (TPSA) is 29.5 Å². The molecule has 3 nitrogen and oxygen atoms in total. The van der Waals surface area contributed by atoms with Crippen LogP contribution in [0.25, 0.3) is 0 Å². The summed E-state index contributed by atoms with van der Waals surface area (Å²) >= 11 is 0.